The van der Waals surface area contributed by atoms with Crippen molar-refractivity contribution in [2.75, 3.05) is 11.4 Å². The molecule has 0 unspecified atom stereocenters. The summed E-state index contributed by atoms with van der Waals surface area (Å²) in [5.41, 5.74) is 2.25. The second-order valence-electron chi connectivity index (χ2n) is 6.08. The molecule has 0 atom stereocenters. The number of hydrogen-bond acceptors (Lipinski definition) is 3. The SMILES string of the molecule is CCC1(CC)CN(C(=O)c2ccc(=O)n(C)n2)c2ccccc21. The van der Waals surface area contributed by atoms with Gasteiger partial charge in [-0.05, 0) is 30.5 Å². The van der Waals surface area contributed by atoms with Crippen molar-refractivity contribution in [2.24, 2.45) is 7.05 Å². The van der Waals surface area contributed by atoms with E-state index in [0.29, 0.717) is 12.2 Å². The van der Waals surface area contributed by atoms with Crippen LogP contribution < -0.4 is 10.5 Å². The zero-order valence-electron chi connectivity index (χ0n) is 13.7. The van der Waals surface area contributed by atoms with E-state index in [1.807, 2.05) is 18.2 Å². The van der Waals surface area contributed by atoms with Crippen molar-refractivity contribution in [3.8, 4) is 0 Å². The molecule has 2 heterocycles. The molecule has 0 fully saturated rings. The van der Waals surface area contributed by atoms with Crippen LogP contribution in [0.4, 0.5) is 5.69 Å². The number of carbonyl (C=O) groups is 1. The van der Waals surface area contributed by atoms with E-state index in [2.05, 4.69) is 25.0 Å². The summed E-state index contributed by atoms with van der Waals surface area (Å²) in [6.45, 7) is 4.99. The lowest BCUT2D eigenvalue weighted by Gasteiger charge is -2.27. The molecule has 5 heteroatoms. The maximum Gasteiger partial charge on any atom is 0.278 e. The van der Waals surface area contributed by atoms with E-state index >= 15 is 0 Å². The van der Waals surface area contributed by atoms with Gasteiger partial charge in [0.25, 0.3) is 11.5 Å². The van der Waals surface area contributed by atoms with Crippen LogP contribution >= 0.6 is 0 Å². The van der Waals surface area contributed by atoms with Crippen molar-refractivity contribution in [3.63, 3.8) is 0 Å². The van der Waals surface area contributed by atoms with Crippen LogP contribution in [-0.2, 0) is 12.5 Å². The molecular weight excluding hydrogens is 290 g/mol. The lowest BCUT2D eigenvalue weighted by Crippen LogP contribution is -2.37. The molecule has 1 aromatic heterocycles. The summed E-state index contributed by atoms with van der Waals surface area (Å²) >= 11 is 0. The van der Waals surface area contributed by atoms with E-state index in [-0.39, 0.29) is 16.9 Å². The van der Waals surface area contributed by atoms with E-state index in [1.54, 1.807) is 11.9 Å². The van der Waals surface area contributed by atoms with Crippen molar-refractivity contribution in [1.29, 1.82) is 0 Å². The molecule has 120 valence electrons. The summed E-state index contributed by atoms with van der Waals surface area (Å²) in [7, 11) is 1.55. The average molecular weight is 311 g/mol. The Bertz CT molecular complexity index is 806. The number of carbonyl (C=O) groups excluding carboxylic acids is 1. The van der Waals surface area contributed by atoms with Crippen molar-refractivity contribution in [3.05, 3.63) is 58.0 Å². The minimum absolute atomic E-state index is 0.00703. The molecule has 1 aliphatic heterocycles. The number of benzene rings is 1. The quantitative estimate of drug-likeness (QED) is 0.875. The van der Waals surface area contributed by atoms with Gasteiger partial charge in [0.05, 0.1) is 0 Å². The van der Waals surface area contributed by atoms with E-state index in [1.165, 1.54) is 22.4 Å². The Morgan fingerprint density at radius 3 is 2.52 bits per heavy atom. The number of amides is 1. The van der Waals surface area contributed by atoms with Gasteiger partial charge in [-0.25, -0.2) is 4.68 Å². The predicted octanol–water partition coefficient (Wildman–Crippen LogP) is 2.50. The van der Waals surface area contributed by atoms with Crippen LogP contribution in [0.5, 0.6) is 0 Å². The highest BCUT2D eigenvalue weighted by Gasteiger charge is 2.42. The second-order valence-corrected chi connectivity index (χ2v) is 6.08. The van der Waals surface area contributed by atoms with Crippen LogP contribution in [0.1, 0.15) is 42.7 Å². The van der Waals surface area contributed by atoms with Crippen LogP contribution in [0.25, 0.3) is 0 Å². The highest BCUT2D eigenvalue weighted by Crippen LogP contribution is 2.45. The van der Waals surface area contributed by atoms with E-state index in [0.717, 1.165) is 18.5 Å². The number of nitrogens with zero attached hydrogens (tertiary/aromatic N) is 3. The smallest absolute Gasteiger partial charge is 0.278 e. The molecule has 0 saturated heterocycles. The fourth-order valence-corrected chi connectivity index (χ4v) is 3.42. The Labute approximate surface area is 135 Å². The zero-order valence-corrected chi connectivity index (χ0v) is 13.7. The van der Waals surface area contributed by atoms with Crippen molar-refractivity contribution in [2.45, 2.75) is 32.1 Å². The topological polar surface area (TPSA) is 55.2 Å². The molecular formula is C18H21N3O2. The molecule has 0 saturated carbocycles. The van der Waals surface area contributed by atoms with Crippen molar-refractivity contribution in [1.82, 2.24) is 9.78 Å². The normalized spacial score (nSPS) is 15.5. The first-order valence-corrected chi connectivity index (χ1v) is 7.98. The number of anilines is 1. The van der Waals surface area contributed by atoms with Gasteiger partial charge in [0.1, 0.15) is 5.69 Å². The summed E-state index contributed by atoms with van der Waals surface area (Å²) in [5.74, 6) is -0.156. The number of hydrogen-bond donors (Lipinski definition) is 0. The molecule has 0 N–H and O–H groups in total. The summed E-state index contributed by atoms with van der Waals surface area (Å²) in [6, 6.07) is 11.0. The summed E-state index contributed by atoms with van der Waals surface area (Å²) in [6.07, 6.45) is 1.95. The molecule has 2 aromatic rings. The van der Waals surface area contributed by atoms with E-state index < -0.39 is 0 Å². The van der Waals surface area contributed by atoms with Crippen molar-refractivity contribution < 1.29 is 4.79 Å². The highest BCUT2D eigenvalue weighted by atomic mass is 16.2. The third-order valence-corrected chi connectivity index (χ3v) is 5.01. The molecule has 23 heavy (non-hydrogen) atoms. The summed E-state index contributed by atoms with van der Waals surface area (Å²) in [5, 5.41) is 4.10. The molecule has 0 radical (unpaired) electrons. The first kappa shape index (κ1) is 15.5. The lowest BCUT2D eigenvalue weighted by molar-refractivity contribution is 0.0977. The summed E-state index contributed by atoms with van der Waals surface area (Å²) < 4.78 is 1.20. The number of rotatable bonds is 3. The van der Waals surface area contributed by atoms with Gasteiger partial charge in [-0.1, -0.05) is 32.0 Å². The van der Waals surface area contributed by atoms with Gasteiger partial charge in [0.2, 0.25) is 0 Å². The largest absolute Gasteiger partial charge is 0.306 e. The highest BCUT2D eigenvalue weighted by molar-refractivity contribution is 6.06. The Balaban J connectivity index is 2.05. The third kappa shape index (κ3) is 2.36. The van der Waals surface area contributed by atoms with Crippen LogP contribution in [0, 0.1) is 0 Å². The van der Waals surface area contributed by atoms with Gasteiger partial charge >= 0.3 is 0 Å². The third-order valence-electron chi connectivity index (χ3n) is 5.01. The van der Waals surface area contributed by atoms with Gasteiger partial charge in [0.15, 0.2) is 0 Å². The molecule has 0 bridgehead atoms. The summed E-state index contributed by atoms with van der Waals surface area (Å²) in [4.78, 5) is 26.2. The Hall–Kier alpha value is -2.43. The van der Waals surface area contributed by atoms with Crippen LogP contribution in [0.15, 0.2) is 41.2 Å². The number of aromatic nitrogens is 2. The number of fused-ring (bicyclic) bond motifs is 1. The molecule has 1 amide bonds. The average Bonchev–Trinajstić information content (AvgIpc) is 2.92. The Morgan fingerprint density at radius 2 is 1.87 bits per heavy atom. The molecule has 1 aliphatic rings. The zero-order chi connectivity index (χ0) is 16.6. The minimum Gasteiger partial charge on any atom is -0.306 e. The molecule has 3 rings (SSSR count). The van der Waals surface area contributed by atoms with E-state index in [9.17, 15) is 9.59 Å². The maximum atomic E-state index is 12.9. The standard InChI is InChI=1S/C18H21N3O2/c1-4-18(5-2)12-21(15-9-7-6-8-13(15)18)17(23)14-10-11-16(22)20(3)19-14/h6-11H,4-5,12H2,1-3H3. The lowest BCUT2D eigenvalue weighted by atomic mass is 9.78. The molecule has 0 spiro atoms. The molecule has 5 nitrogen and oxygen atoms in total. The fourth-order valence-electron chi connectivity index (χ4n) is 3.42. The Kier molecular flexibility index (Phi) is 3.80. The van der Waals surface area contributed by atoms with Gasteiger partial charge in [-0.15, -0.1) is 0 Å². The predicted molar refractivity (Wildman–Crippen MR) is 89.9 cm³/mol. The van der Waals surface area contributed by atoms with Gasteiger partial charge in [-0.3, -0.25) is 9.59 Å². The van der Waals surface area contributed by atoms with Crippen LogP contribution in [0.2, 0.25) is 0 Å². The Morgan fingerprint density at radius 1 is 1.17 bits per heavy atom. The van der Waals surface area contributed by atoms with Crippen LogP contribution in [-0.4, -0.2) is 22.2 Å². The fraction of sp³-hybridized carbons (Fsp3) is 0.389. The monoisotopic (exact) mass is 311 g/mol. The van der Waals surface area contributed by atoms with Crippen LogP contribution in [0.3, 0.4) is 0 Å². The van der Waals surface area contributed by atoms with Gasteiger partial charge < -0.3 is 4.90 Å². The van der Waals surface area contributed by atoms with Gasteiger partial charge in [-0.2, -0.15) is 5.10 Å². The van der Waals surface area contributed by atoms with Gasteiger partial charge in [0, 0.05) is 30.8 Å². The first-order valence-electron chi connectivity index (χ1n) is 7.98. The molecule has 1 aromatic carbocycles. The molecule has 0 aliphatic carbocycles. The number of para-hydroxylation sites is 1. The first-order chi connectivity index (χ1) is 11.0. The maximum absolute atomic E-state index is 12.9. The van der Waals surface area contributed by atoms with E-state index in [4.69, 9.17) is 0 Å². The second kappa shape index (κ2) is 5.65. The van der Waals surface area contributed by atoms with Crippen molar-refractivity contribution >= 4 is 11.6 Å². The number of aryl methyl sites for hydroxylation is 1. The minimum atomic E-state index is -0.222.